The Morgan fingerprint density at radius 2 is 0.900 bits per heavy atom. The molecule has 1 aliphatic rings. The lowest BCUT2D eigenvalue weighted by molar-refractivity contribution is -0.239. The van der Waals surface area contributed by atoms with E-state index in [1.165, 1.54) is 0 Å². The van der Waals surface area contributed by atoms with Crippen LogP contribution in [0.15, 0.2) is 121 Å². The van der Waals surface area contributed by atoms with Crippen LogP contribution in [0.25, 0.3) is 0 Å². The second kappa shape index (κ2) is 14.5. The summed E-state index contributed by atoms with van der Waals surface area (Å²) in [4.78, 5) is 13.4. The average Bonchev–Trinajstić information content (AvgIpc) is 3.01. The number of benzene rings is 4. The first kappa shape index (κ1) is 27.7. The third-order valence-electron chi connectivity index (χ3n) is 6.73. The monoisotopic (exact) mass is 538 g/mol. The van der Waals surface area contributed by atoms with E-state index in [4.69, 9.17) is 23.7 Å². The molecule has 206 valence electrons. The lowest BCUT2D eigenvalue weighted by Crippen LogP contribution is -2.59. The van der Waals surface area contributed by atoms with Gasteiger partial charge in [-0.3, -0.25) is 0 Å². The van der Waals surface area contributed by atoms with E-state index in [2.05, 4.69) is 0 Å². The van der Waals surface area contributed by atoms with Crippen molar-refractivity contribution in [2.24, 2.45) is 0 Å². The van der Waals surface area contributed by atoms with Crippen LogP contribution >= 0.6 is 0 Å². The van der Waals surface area contributed by atoms with Gasteiger partial charge in [0.1, 0.15) is 12.2 Å². The second-order valence-corrected chi connectivity index (χ2v) is 9.72. The molecule has 5 rings (SSSR count). The van der Waals surface area contributed by atoms with Crippen molar-refractivity contribution in [1.82, 2.24) is 0 Å². The molecule has 4 aromatic carbocycles. The van der Waals surface area contributed by atoms with Crippen molar-refractivity contribution < 1.29 is 28.5 Å². The molecule has 0 N–H and O–H groups in total. The average molecular weight is 539 g/mol. The summed E-state index contributed by atoms with van der Waals surface area (Å²) in [5.41, 5.74) is 3.98. The SMILES string of the molecule is O=C1OC(COCc2ccccc2)C(OCc2ccccc2)[C@H](OCc2ccccc2)C1OCc1ccccc1. The third kappa shape index (κ3) is 7.87. The fraction of sp³-hybridized carbons (Fsp3) is 0.265. The zero-order valence-corrected chi connectivity index (χ0v) is 22.3. The zero-order chi connectivity index (χ0) is 27.4. The highest BCUT2D eigenvalue weighted by molar-refractivity contribution is 5.77. The largest absolute Gasteiger partial charge is 0.455 e. The highest BCUT2D eigenvalue weighted by Gasteiger charge is 2.48. The summed E-state index contributed by atoms with van der Waals surface area (Å²) >= 11 is 0. The van der Waals surface area contributed by atoms with Gasteiger partial charge in [-0.05, 0) is 22.3 Å². The van der Waals surface area contributed by atoms with Crippen LogP contribution in [-0.2, 0) is 54.9 Å². The smallest absolute Gasteiger partial charge is 0.338 e. The zero-order valence-electron chi connectivity index (χ0n) is 22.3. The van der Waals surface area contributed by atoms with E-state index in [0.29, 0.717) is 19.8 Å². The highest BCUT2D eigenvalue weighted by Crippen LogP contribution is 2.28. The molecular formula is C34H34O6. The van der Waals surface area contributed by atoms with Gasteiger partial charge in [-0.1, -0.05) is 121 Å². The summed E-state index contributed by atoms with van der Waals surface area (Å²) in [6.07, 6.45) is -2.95. The standard InChI is InChI=1S/C34H34O6/c35-34-33(39-24-29-19-11-4-12-20-29)32(38-23-28-17-9-3-10-18-28)31(37-22-27-15-7-2-8-16-27)30(40-34)25-36-21-26-13-5-1-6-14-26/h1-20,30-33H,21-25H2/t30?,31?,32-,33?/m0/s1. The normalized spacial score (nSPS) is 20.6. The van der Waals surface area contributed by atoms with E-state index in [1.54, 1.807) is 0 Å². The molecule has 1 heterocycles. The molecule has 0 amide bonds. The van der Waals surface area contributed by atoms with Crippen LogP contribution in [-0.4, -0.2) is 37.0 Å². The van der Waals surface area contributed by atoms with E-state index >= 15 is 0 Å². The van der Waals surface area contributed by atoms with Crippen LogP contribution in [0.2, 0.25) is 0 Å². The summed E-state index contributed by atoms with van der Waals surface area (Å²) in [6.45, 7) is 1.43. The maximum atomic E-state index is 13.4. The molecule has 40 heavy (non-hydrogen) atoms. The van der Waals surface area contributed by atoms with E-state index < -0.39 is 30.4 Å². The number of carbonyl (C=O) groups is 1. The first-order valence-corrected chi connectivity index (χ1v) is 13.5. The number of carbonyl (C=O) groups excluding carboxylic acids is 1. The summed E-state index contributed by atoms with van der Waals surface area (Å²) in [5.74, 6) is -0.484. The van der Waals surface area contributed by atoms with Gasteiger partial charge < -0.3 is 23.7 Å². The van der Waals surface area contributed by atoms with E-state index in [-0.39, 0.29) is 13.2 Å². The van der Waals surface area contributed by atoms with Crippen molar-refractivity contribution in [2.75, 3.05) is 6.61 Å². The maximum Gasteiger partial charge on any atom is 0.338 e. The first-order chi connectivity index (χ1) is 19.8. The van der Waals surface area contributed by atoms with Crippen molar-refractivity contribution in [3.05, 3.63) is 144 Å². The van der Waals surface area contributed by atoms with Crippen LogP contribution in [0.3, 0.4) is 0 Å². The van der Waals surface area contributed by atoms with E-state index in [9.17, 15) is 4.79 Å². The molecule has 4 aromatic rings. The molecular weight excluding hydrogens is 504 g/mol. The van der Waals surface area contributed by atoms with Crippen molar-refractivity contribution in [3.63, 3.8) is 0 Å². The van der Waals surface area contributed by atoms with Gasteiger partial charge in [0.2, 0.25) is 0 Å². The quantitative estimate of drug-likeness (QED) is 0.198. The molecule has 1 aliphatic heterocycles. The minimum absolute atomic E-state index is 0.163. The van der Waals surface area contributed by atoms with Crippen molar-refractivity contribution in [3.8, 4) is 0 Å². The van der Waals surface area contributed by atoms with Crippen LogP contribution < -0.4 is 0 Å². The molecule has 0 aliphatic carbocycles. The van der Waals surface area contributed by atoms with Gasteiger partial charge >= 0.3 is 5.97 Å². The van der Waals surface area contributed by atoms with Gasteiger partial charge in [-0.25, -0.2) is 4.79 Å². The Labute approximate surface area is 235 Å². The molecule has 1 fully saturated rings. The fourth-order valence-electron chi connectivity index (χ4n) is 4.64. The van der Waals surface area contributed by atoms with Gasteiger partial charge in [0, 0.05) is 0 Å². The molecule has 3 unspecified atom stereocenters. The molecule has 6 nitrogen and oxygen atoms in total. The molecule has 0 radical (unpaired) electrons. The number of hydrogen-bond donors (Lipinski definition) is 0. The molecule has 4 atom stereocenters. The Morgan fingerprint density at radius 1 is 0.500 bits per heavy atom. The Morgan fingerprint density at radius 3 is 1.38 bits per heavy atom. The van der Waals surface area contributed by atoms with Gasteiger partial charge in [0.05, 0.1) is 33.0 Å². The van der Waals surface area contributed by atoms with E-state index in [0.717, 1.165) is 22.3 Å². The minimum Gasteiger partial charge on any atom is -0.455 e. The second-order valence-electron chi connectivity index (χ2n) is 9.72. The van der Waals surface area contributed by atoms with Crippen molar-refractivity contribution >= 4 is 5.97 Å². The van der Waals surface area contributed by atoms with E-state index in [1.807, 2.05) is 121 Å². The lowest BCUT2D eigenvalue weighted by Gasteiger charge is -2.41. The molecule has 0 saturated carbocycles. The van der Waals surface area contributed by atoms with Crippen molar-refractivity contribution in [1.29, 1.82) is 0 Å². The molecule has 0 bridgehead atoms. The number of rotatable bonds is 13. The van der Waals surface area contributed by atoms with Crippen molar-refractivity contribution in [2.45, 2.75) is 50.8 Å². The van der Waals surface area contributed by atoms with Gasteiger partial charge in [-0.15, -0.1) is 0 Å². The minimum atomic E-state index is -0.963. The third-order valence-corrected chi connectivity index (χ3v) is 6.73. The van der Waals surface area contributed by atoms with Crippen LogP contribution in [0, 0.1) is 0 Å². The molecule has 0 spiro atoms. The van der Waals surface area contributed by atoms with Crippen LogP contribution in [0.1, 0.15) is 22.3 Å². The number of hydrogen-bond acceptors (Lipinski definition) is 6. The summed E-state index contributed by atoms with van der Waals surface area (Å²) < 4.78 is 31.0. The Bertz CT molecular complexity index is 1280. The summed E-state index contributed by atoms with van der Waals surface area (Å²) in [7, 11) is 0. The van der Waals surface area contributed by atoms with Crippen LogP contribution in [0.4, 0.5) is 0 Å². The molecule has 6 heteroatoms. The molecule has 0 aromatic heterocycles. The fourth-order valence-corrected chi connectivity index (χ4v) is 4.64. The number of ether oxygens (including phenoxy) is 5. The van der Waals surface area contributed by atoms with Crippen LogP contribution in [0.5, 0.6) is 0 Å². The topological polar surface area (TPSA) is 63.2 Å². The van der Waals surface area contributed by atoms with Gasteiger partial charge in [0.15, 0.2) is 12.2 Å². The Kier molecular flexibility index (Phi) is 10.1. The lowest BCUT2D eigenvalue weighted by atomic mass is 9.98. The predicted molar refractivity (Wildman–Crippen MR) is 151 cm³/mol. The van der Waals surface area contributed by atoms with Gasteiger partial charge in [-0.2, -0.15) is 0 Å². The Balaban J connectivity index is 1.36. The summed E-state index contributed by atoms with van der Waals surface area (Å²) in [6, 6.07) is 39.4. The molecule has 1 saturated heterocycles. The highest BCUT2D eigenvalue weighted by atomic mass is 16.6. The number of esters is 1. The predicted octanol–water partition coefficient (Wildman–Crippen LogP) is 5.88. The Hall–Kier alpha value is -3.81. The number of cyclic esters (lactones) is 1. The summed E-state index contributed by atoms with van der Waals surface area (Å²) in [5, 5.41) is 0. The van der Waals surface area contributed by atoms with Gasteiger partial charge in [0.25, 0.3) is 0 Å². The maximum absolute atomic E-state index is 13.4. The first-order valence-electron chi connectivity index (χ1n) is 13.5.